The summed E-state index contributed by atoms with van der Waals surface area (Å²) in [5.74, 6) is -2.27. The van der Waals surface area contributed by atoms with Crippen LogP contribution in [-0.2, 0) is 28.6 Å². The summed E-state index contributed by atoms with van der Waals surface area (Å²) in [4.78, 5) is 33.5. The molecule has 0 rings (SSSR count). The third kappa shape index (κ3) is 4.59. The highest BCUT2D eigenvalue weighted by Crippen LogP contribution is 2.04. The van der Waals surface area contributed by atoms with Crippen molar-refractivity contribution in [3.63, 3.8) is 0 Å². The standard InChI is InChI=1S/C10H14O6/c1-4-16-6-7(10(13)15-3)8(11)5-9(12)14-2/h6H,4-5H2,1-3H3. The maximum atomic E-state index is 11.5. The Morgan fingerprint density at radius 2 is 1.75 bits per heavy atom. The Balaban J connectivity index is 4.70. The molecule has 6 nitrogen and oxygen atoms in total. The molecule has 0 heterocycles. The second kappa shape index (κ2) is 7.44. The fourth-order valence-corrected chi connectivity index (χ4v) is 0.803. The summed E-state index contributed by atoms with van der Waals surface area (Å²) in [7, 11) is 2.28. The highest BCUT2D eigenvalue weighted by Gasteiger charge is 2.22. The molecule has 0 aliphatic carbocycles. The summed E-state index contributed by atoms with van der Waals surface area (Å²) >= 11 is 0. The van der Waals surface area contributed by atoms with Gasteiger partial charge in [-0.1, -0.05) is 0 Å². The molecule has 90 valence electrons. The van der Waals surface area contributed by atoms with Gasteiger partial charge >= 0.3 is 11.9 Å². The molecule has 0 saturated carbocycles. The Morgan fingerprint density at radius 1 is 1.12 bits per heavy atom. The van der Waals surface area contributed by atoms with Gasteiger partial charge in [-0.3, -0.25) is 9.59 Å². The van der Waals surface area contributed by atoms with Crippen molar-refractivity contribution < 1.29 is 28.6 Å². The van der Waals surface area contributed by atoms with Crippen LogP contribution in [-0.4, -0.2) is 38.5 Å². The van der Waals surface area contributed by atoms with Gasteiger partial charge in [-0.25, -0.2) is 4.79 Å². The molecule has 0 fully saturated rings. The van der Waals surface area contributed by atoms with Gasteiger partial charge in [-0.15, -0.1) is 0 Å². The van der Waals surface area contributed by atoms with E-state index >= 15 is 0 Å². The SMILES string of the molecule is CCOC=C(C(=O)CC(=O)OC)C(=O)OC. The largest absolute Gasteiger partial charge is 0.500 e. The number of hydrogen-bond acceptors (Lipinski definition) is 6. The van der Waals surface area contributed by atoms with Gasteiger partial charge in [0, 0.05) is 0 Å². The highest BCUT2D eigenvalue weighted by molar-refractivity contribution is 6.20. The number of esters is 2. The van der Waals surface area contributed by atoms with E-state index in [4.69, 9.17) is 4.74 Å². The molecular weight excluding hydrogens is 216 g/mol. The number of carbonyl (C=O) groups is 3. The summed E-state index contributed by atoms with van der Waals surface area (Å²) in [5.41, 5.74) is -0.310. The van der Waals surface area contributed by atoms with E-state index in [2.05, 4.69) is 9.47 Å². The average Bonchev–Trinajstić information content (AvgIpc) is 2.28. The minimum atomic E-state index is -0.845. The van der Waals surface area contributed by atoms with E-state index in [1.165, 1.54) is 0 Å². The van der Waals surface area contributed by atoms with Crippen LogP contribution >= 0.6 is 0 Å². The van der Waals surface area contributed by atoms with Crippen LogP contribution < -0.4 is 0 Å². The smallest absolute Gasteiger partial charge is 0.344 e. The number of methoxy groups -OCH3 is 2. The quantitative estimate of drug-likeness (QED) is 0.213. The second-order valence-corrected chi connectivity index (χ2v) is 2.65. The number of carbonyl (C=O) groups excluding carboxylic acids is 3. The Kier molecular flexibility index (Phi) is 6.58. The van der Waals surface area contributed by atoms with E-state index in [9.17, 15) is 14.4 Å². The van der Waals surface area contributed by atoms with Crippen LogP contribution in [0.3, 0.4) is 0 Å². The summed E-state index contributed by atoms with van der Waals surface area (Å²) in [5, 5.41) is 0. The van der Waals surface area contributed by atoms with E-state index in [1.54, 1.807) is 6.92 Å². The zero-order valence-electron chi connectivity index (χ0n) is 9.44. The Bertz CT molecular complexity index is 304. The monoisotopic (exact) mass is 230 g/mol. The summed E-state index contributed by atoms with van der Waals surface area (Å²) in [6.45, 7) is 1.99. The van der Waals surface area contributed by atoms with E-state index in [1.807, 2.05) is 0 Å². The van der Waals surface area contributed by atoms with Crippen LogP contribution in [0, 0.1) is 0 Å². The lowest BCUT2D eigenvalue weighted by Crippen LogP contribution is -2.18. The molecule has 0 radical (unpaired) electrons. The fourth-order valence-electron chi connectivity index (χ4n) is 0.803. The lowest BCUT2D eigenvalue weighted by molar-refractivity contribution is -0.143. The van der Waals surface area contributed by atoms with Crippen LogP contribution in [0.15, 0.2) is 11.8 Å². The van der Waals surface area contributed by atoms with Crippen molar-refractivity contribution >= 4 is 17.7 Å². The lowest BCUT2D eigenvalue weighted by Gasteiger charge is -2.04. The van der Waals surface area contributed by atoms with Crippen LogP contribution in [0.4, 0.5) is 0 Å². The molecule has 0 atom stereocenters. The van der Waals surface area contributed by atoms with Crippen molar-refractivity contribution in [3.8, 4) is 0 Å². The maximum Gasteiger partial charge on any atom is 0.344 e. The molecule has 0 aromatic heterocycles. The van der Waals surface area contributed by atoms with Gasteiger partial charge in [0.05, 0.1) is 20.8 Å². The molecule has 0 amide bonds. The molecule has 0 aliphatic rings. The predicted octanol–water partition coefficient (Wildman–Crippen LogP) is 0.212. The molecule has 0 aromatic rings. The summed E-state index contributed by atoms with van der Waals surface area (Å²) in [6, 6.07) is 0. The van der Waals surface area contributed by atoms with Crippen molar-refractivity contribution in [2.24, 2.45) is 0 Å². The lowest BCUT2D eigenvalue weighted by atomic mass is 10.1. The van der Waals surface area contributed by atoms with Crippen molar-refractivity contribution in [1.82, 2.24) is 0 Å². The normalized spacial score (nSPS) is 10.6. The molecule has 0 aliphatic heterocycles. The van der Waals surface area contributed by atoms with Crippen molar-refractivity contribution in [2.45, 2.75) is 13.3 Å². The van der Waals surface area contributed by atoms with Crippen LogP contribution in [0.2, 0.25) is 0 Å². The van der Waals surface area contributed by atoms with Gasteiger partial charge in [0.25, 0.3) is 0 Å². The van der Waals surface area contributed by atoms with Gasteiger partial charge in [-0.2, -0.15) is 0 Å². The fraction of sp³-hybridized carbons (Fsp3) is 0.500. The third-order valence-corrected chi connectivity index (χ3v) is 1.61. The average molecular weight is 230 g/mol. The molecular formula is C10H14O6. The van der Waals surface area contributed by atoms with Gasteiger partial charge in [0.15, 0.2) is 5.78 Å². The zero-order chi connectivity index (χ0) is 12.6. The molecule has 0 spiro atoms. The molecule has 0 aromatic carbocycles. The van der Waals surface area contributed by atoms with Crippen LogP contribution in [0.5, 0.6) is 0 Å². The summed E-state index contributed by atoms with van der Waals surface area (Å²) < 4.78 is 13.5. The first kappa shape index (κ1) is 14.2. The summed E-state index contributed by atoms with van der Waals surface area (Å²) in [6.07, 6.45) is 0.460. The Labute approximate surface area is 93.2 Å². The minimum absolute atomic E-state index is 0.298. The maximum absolute atomic E-state index is 11.5. The Morgan fingerprint density at radius 3 is 2.19 bits per heavy atom. The highest BCUT2D eigenvalue weighted by atomic mass is 16.5. The molecule has 16 heavy (non-hydrogen) atoms. The molecule has 0 bridgehead atoms. The molecule has 0 unspecified atom stereocenters. The third-order valence-electron chi connectivity index (χ3n) is 1.61. The Hall–Kier alpha value is -1.85. The molecule has 0 N–H and O–H groups in total. The second-order valence-electron chi connectivity index (χ2n) is 2.65. The van der Waals surface area contributed by atoms with Gasteiger partial charge in [0.1, 0.15) is 18.3 Å². The van der Waals surface area contributed by atoms with Crippen molar-refractivity contribution in [3.05, 3.63) is 11.8 Å². The number of rotatable bonds is 6. The first-order chi connectivity index (χ1) is 7.56. The van der Waals surface area contributed by atoms with E-state index in [0.29, 0.717) is 6.61 Å². The number of hydrogen-bond donors (Lipinski definition) is 0. The van der Waals surface area contributed by atoms with Crippen LogP contribution in [0.25, 0.3) is 0 Å². The topological polar surface area (TPSA) is 78.9 Å². The van der Waals surface area contributed by atoms with Crippen LogP contribution in [0.1, 0.15) is 13.3 Å². The molecule has 0 saturated heterocycles. The number of ether oxygens (including phenoxy) is 3. The first-order valence-electron chi connectivity index (χ1n) is 4.56. The molecule has 6 heteroatoms. The van der Waals surface area contributed by atoms with E-state index in [0.717, 1.165) is 20.5 Å². The van der Waals surface area contributed by atoms with E-state index < -0.39 is 24.1 Å². The first-order valence-corrected chi connectivity index (χ1v) is 4.56. The van der Waals surface area contributed by atoms with E-state index in [-0.39, 0.29) is 5.57 Å². The number of Topliss-reactive ketones (excluding diaryl/α,β-unsaturated/α-hetero) is 1. The van der Waals surface area contributed by atoms with Gasteiger partial charge < -0.3 is 14.2 Å². The van der Waals surface area contributed by atoms with Crippen molar-refractivity contribution in [2.75, 3.05) is 20.8 Å². The van der Waals surface area contributed by atoms with Gasteiger partial charge in [0.2, 0.25) is 0 Å². The zero-order valence-corrected chi connectivity index (χ0v) is 9.44. The minimum Gasteiger partial charge on any atom is -0.500 e. The van der Waals surface area contributed by atoms with Crippen molar-refractivity contribution in [1.29, 1.82) is 0 Å². The van der Waals surface area contributed by atoms with Gasteiger partial charge in [-0.05, 0) is 6.92 Å². The number of ketones is 1. The predicted molar refractivity (Wildman–Crippen MR) is 53.4 cm³/mol.